The Morgan fingerprint density at radius 1 is 1.14 bits per heavy atom. The van der Waals surface area contributed by atoms with Crippen molar-refractivity contribution in [3.63, 3.8) is 0 Å². The number of hydrogen-bond acceptors (Lipinski definition) is 6. The van der Waals surface area contributed by atoms with E-state index in [1.807, 2.05) is 13.0 Å². The predicted molar refractivity (Wildman–Crippen MR) is 108 cm³/mol. The van der Waals surface area contributed by atoms with Gasteiger partial charge in [-0.3, -0.25) is 4.79 Å². The van der Waals surface area contributed by atoms with Gasteiger partial charge in [0.25, 0.3) is 5.91 Å². The summed E-state index contributed by atoms with van der Waals surface area (Å²) in [5.41, 5.74) is 1.05. The molecule has 2 rings (SSSR count). The van der Waals surface area contributed by atoms with Crippen LogP contribution in [0.5, 0.6) is 17.2 Å². The summed E-state index contributed by atoms with van der Waals surface area (Å²) in [6.07, 6.45) is 0. The Hall–Kier alpha value is -2.76. The van der Waals surface area contributed by atoms with Crippen LogP contribution in [-0.2, 0) is 9.53 Å². The lowest BCUT2D eigenvalue weighted by atomic mass is 10.2. The van der Waals surface area contributed by atoms with Gasteiger partial charge in [0.15, 0.2) is 18.1 Å². The quantitative estimate of drug-likeness (QED) is 0.556. The van der Waals surface area contributed by atoms with Gasteiger partial charge in [0.05, 0.1) is 29.3 Å². The van der Waals surface area contributed by atoms with Crippen molar-refractivity contribution in [2.45, 2.75) is 6.92 Å². The maximum atomic E-state index is 12.2. The maximum Gasteiger partial charge on any atom is 0.262 e. The predicted octanol–water partition coefficient (Wildman–Crippen LogP) is 3.76. The molecule has 0 fully saturated rings. The van der Waals surface area contributed by atoms with Crippen LogP contribution >= 0.6 is 15.9 Å². The number of ether oxygens (including phenoxy) is 4. The zero-order chi connectivity index (χ0) is 20.4. The fourth-order valence-corrected chi connectivity index (χ4v) is 2.80. The highest BCUT2D eigenvalue weighted by Crippen LogP contribution is 2.36. The molecule has 0 aliphatic carbocycles. The van der Waals surface area contributed by atoms with E-state index in [0.717, 1.165) is 0 Å². The Morgan fingerprint density at radius 2 is 1.89 bits per heavy atom. The number of halogens is 1. The molecule has 0 aliphatic heterocycles. The highest BCUT2D eigenvalue weighted by Gasteiger charge is 2.14. The summed E-state index contributed by atoms with van der Waals surface area (Å²) < 4.78 is 22.1. The molecule has 148 valence electrons. The van der Waals surface area contributed by atoms with E-state index in [0.29, 0.717) is 52.8 Å². The minimum absolute atomic E-state index is 0.212. The molecule has 0 aromatic heterocycles. The molecule has 0 spiro atoms. The SMILES string of the molecule is CCOc1cc(C#N)cc(Br)c1OCC(=O)Nc1ccc(OCCOC)cc1. The van der Waals surface area contributed by atoms with Crippen molar-refractivity contribution in [1.82, 2.24) is 0 Å². The average Bonchev–Trinajstić information content (AvgIpc) is 2.69. The first kappa shape index (κ1) is 21.5. The Labute approximate surface area is 172 Å². The van der Waals surface area contributed by atoms with E-state index in [4.69, 9.17) is 24.2 Å². The average molecular weight is 449 g/mol. The van der Waals surface area contributed by atoms with E-state index < -0.39 is 0 Å². The van der Waals surface area contributed by atoms with Crippen LogP contribution in [0.15, 0.2) is 40.9 Å². The first-order valence-corrected chi connectivity index (χ1v) is 9.37. The molecule has 0 bridgehead atoms. The van der Waals surface area contributed by atoms with E-state index in [1.54, 1.807) is 43.5 Å². The summed E-state index contributed by atoms with van der Waals surface area (Å²) in [7, 11) is 1.61. The third-order valence-electron chi connectivity index (χ3n) is 3.48. The Balaban J connectivity index is 1.94. The van der Waals surface area contributed by atoms with E-state index >= 15 is 0 Å². The van der Waals surface area contributed by atoms with Crippen molar-refractivity contribution in [2.75, 3.05) is 38.9 Å². The van der Waals surface area contributed by atoms with Crippen molar-refractivity contribution >= 4 is 27.5 Å². The molecule has 7 nitrogen and oxygen atoms in total. The number of hydrogen-bond donors (Lipinski definition) is 1. The van der Waals surface area contributed by atoms with Crippen molar-refractivity contribution < 1.29 is 23.7 Å². The highest BCUT2D eigenvalue weighted by molar-refractivity contribution is 9.10. The number of amides is 1. The van der Waals surface area contributed by atoms with Gasteiger partial charge in [-0.2, -0.15) is 5.26 Å². The van der Waals surface area contributed by atoms with Gasteiger partial charge in [0.1, 0.15) is 12.4 Å². The van der Waals surface area contributed by atoms with Crippen LogP contribution < -0.4 is 19.5 Å². The van der Waals surface area contributed by atoms with Gasteiger partial charge in [0, 0.05) is 18.9 Å². The van der Waals surface area contributed by atoms with E-state index in [9.17, 15) is 4.79 Å². The molecule has 0 heterocycles. The summed E-state index contributed by atoms with van der Waals surface area (Å²) in [4.78, 5) is 12.2. The molecule has 0 saturated heterocycles. The zero-order valence-electron chi connectivity index (χ0n) is 15.7. The first-order valence-electron chi connectivity index (χ1n) is 8.58. The fourth-order valence-electron chi connectivity index (χ4n) is 2.25. The van der Waals surface area contributed by atoms with E-state index in [-0.39, 0.29) is 12.5 Å². The van der Waals surface area contributed by atoms with E-state index in [2.05, 4.69) is 21.2 Å². The van der Waals surface area contributed by atoms with Crippen molar-refractivity contribution in [2.24, 2.45) is 0 Å². The maximum absolute atomic E-state index is 12.2. The van der Waals surface area contributed by atoms with E-state index in [1.165, 1.54) is 0 Å². The van der Waals surface area contributed by atoms with Crippen LogP contribution in [0.4, 0.5) is 5.69 Å². The van der Waals surface area contributed by atoms with Gasteiger partial charge in [0.2, 0.25) is 0 Å². The number of nitriles is 1. The second-order valence-electron chi connectivity index (χ2n) is 5.53. The first-order chi connectivity index (χ1) is 13.6. The normalized spacial score (nSPS) is 10.1. The summed E-state index contributed by atoms with van der Waals surface area (Å²) in [6.45, 7) is 2.98. The van der Waals surface area contributed by atoms with Crippen molar-refractivity contribution in [1.29, 1.82) is 5.26 Å². The molecule has 2 aromatic rings. The van der Waals surface area contributed by atoms with Crippen molar-refractivity contribution in [3.05, 3.63) is 46.4 Å². The molecule has 1 N–H and O–H groups in total. The number of carbonyl (C=O) groups is 1. The zero-order valence-corrected chi connectivity index (χ0v) is 17.2. The lowest BCUT2D eigenvalue weighted by molar-refractivity contribution is -0.118. The van der Waals surface area contributed by atoms with Gasteiger partial charge in [-0.25, -0.2) is 0 Å². The van der Waals surface area contributed by atoms with Gasteiger partial charge in [-0.1, -0.05) is 0 Å². The number of nitrogens with zero attached hydrogens (tertiary/aromatic N) is 1. The molecule has 0 atom stereocenters. The lowest BCUT2D eigenvalue weighted by Gasteiger charge is -2.14. The van der Waals surface area contributed by atoms with Crippen LogP contribution in [0.25, 0.3) is 0 Å². The Morgan fingerprint density at radius 3 is 2.54 bits per heavy atom. The number of benzene rings is 2. The molecule has 0 unspecified atom stereocenters. The molecule has 1 amide bonds. The third kappa shape index (κ3) is 6.44. The summed E-state index contributed by atoms with van der Waals surface area (Å²) in [5.74, 6) is 1.14. The van der Waals surface area contributed by atoms with Gasteiger partial charge in [-0.15, -0.1) is 0 Å². The standard InChI is InChI=1S/C20H21BrN2O5/c1-3-26-18-11-14(12-22)10-17(21)20(18)28-13-19(24)23-15-4-6-16(7-5-15)27-9-8-25-2/h4-7,10-11H,3,8-9,13H2,1-2H3,(H,23,24). The van der Waals surface area contributed by atoms with Crippen molar-refractivity contribution in [3.8, 4) is 23.3 Å². The summed E-state index contributed by atoms with van der Waals surface area (Å²) in [5, 5.41) is 11.8. The minimum atomic E-state index is -0.327. The van der Waals surface area contributed by atoms with Crippen LogP contribution in [0.1, 0.15) is 12.5 Å². The van der Waals surface area contributed by atoms with Gasteiger partial charge in [-0.05, 0) is 53.2 Å². The minimum Gasteiger partial charge on any atom is -0.491 e. The van der Waals surface area contributed by atoms with Crippen LogP contribution in [0.2, 0.25) is 0 Å². The lowest BCUT2D eigenvalue weighted by Crippen LogP contribution is -2.20. The Kier molecular flexibility index (Phi) is 8.59. The number of rotatable bonds is 10. The molecular weight excluding hydrogens is 428 g/mol. The topological polar surface area (TPSA) is 89.8 Å². The summed E-state index contributed by atoms with van der Waals surface area (Å²) in [6, 6.07) is 12.2. The highest BCUT2D eigenvalue weighted by atomic mass is 79.9. The van der Waals surface area contributed by atoms with Gasteiger partial charge < -0.3 is 24.3 Å². The molecule has 2 aromatic carbocycles. The molecule has 28 heavy (non-hydrogen) atoms. The molecule has 0 radical (unpaired) electrons. The summed E-state index contributed by atoms with van der Waals surface area (Å²) >= 11 is 3.35. The van der Waals surface area contributed by atoms with Crippen LogP contribution in [0, 0.1) is 11.3 Å². The Bertz CT molecular complexity index is 834. The van der Waals surface area contributed by atoms with Crippen LogP contribution in [0.3, 0.4) is 0 Å². The van der Waals surface area contributed by atoms with Crippen LogP contribution in [-0.4, -0.2) is 39.4 Å². The number of anilines is 1. The smallest absolute Gasteiger partial charge is 0.262 e. The monoisotopic (exact) mass is 448 g/mol. The number of nitrogens with one attached hydrogen (secondary N) is 1. The second-order valence-corrected chi connectivity index (χ2v) is 6.39. The molecule has 0 aliphatic rings. The largest absolute Gasteiger partial charge is 0.491 e. The second kappa shape index (κ2) is 11.2. The van der Waals surface area contributed by atoms with Gasteiger partial charge >= 0.3 is 0 Å². The molecular formula is C20H21BrN2O5. The third-order valence-corrected chi connectivity index (χ3v) is 4.07. The fraction of sp³-hybridized carbons (Fsp3) is 0.300. The number of methoxy groups -OCH3 is 1. The number of carbonyl (C=O) groups excluding carboxylic acids is 1. The molecule has 8 heteroatoms. The molecule has 0 saturated carbocycles.